The Hall–Kier alpha value is -4.75. The fourth-order valence-electron chi connectivity index (χ4n) is 5.76. The minimum absolute atomic E-state index is 0.120. The summed E-state index contributed by atoms with van der Waals surface area (Å²) in [6.07, 6.45) is 1.08. The van der Waals surface area contributed by atoms with Crippen molar-refractivity contribution in [2.45, 2.75) is 23.1 Å². The molecule has 4 aromatic carbocycles. The van der Waals surface area contributed by atoms with Crippen LogP contribution in [0.15, 0.2) is 99.8 Å². The topological polar surface area (TPSA) is 106 Å². The number of carbonyl (C=O) groups is 1. The molecular weight excluding hydrogens is 649 g/mol. The van der Waals surface area contributed by atoms with Gasteiger partial charge in [0.1, 0.15) is 10.8 Å². The molecule has 0 saturated carbocycles. The van der Waals surface area contributed by atoms with Crippen molar-refractivity contribution >= 4 is 65.8 Å². The molecular formula is C36H32N4O6S2. The van der Waals surface area contributed by atoms with Crippen molar-refractivity contribution in [2.75, 3.05) is 39.4 Å². The number of pyridine rings is 2. The summed E-state index contributed by atoms with van der Waals surface area (Å²) >= 11 is 0. The zero-order valence-corrected chi connectivity index (χ0v) is 28.1. The Morgan fingerprint density at radius 2 is 1.71 bits per heavy atom. The summed E-state index contributed by atoms with van der Waals surface area (Å²) in [5, 5.41) is 14.9. The number of nitrogens with zero attached hydrogens (tertiary/aromatic N) is 4. The van der Waals surface area contributed by atoms with Crippen LogP contribution in [0.25, 0.3) is 32.4 Å². The molecule has 12 heteroatoms. The van der Waals surface area contributed by atoms with Crippen molar-refractivity contribution in [1.82, 2.24) is 14.5 Å². The van der Waals surface area contributed by atoms with E-state index in [-0.39, 0.29) is 18.1 Å². The lowest BCUT2D eigenvalue weighted by molar-refractivity contribution is 0.174. The van der Waals surface area contributed by atoms with Crippen molar-refractivity contribution in [3.05, 3.63) is 101 Å². The molecule has 6 aromatic rings. The number of ether oxygens (including phenoxy) is 3. The monoisotopic (exact) mass is 680 g/mol. The maximum Gasteiger partial charge on any atom is 0.419 e. The zero-order chi connectivity index (χ0) is 33.4. The van der Waals surface area contributed by atoms with Crippen LogP contribution in [0.4, 0.5) is 10.5 Å². The fraction of sp³-hybridized carbons (Fsp3) is 0.194. The molecule has 1 N–H and O–H groups in total. The summed E-state index contributed by atoms with van der Waals surface area (Å²) in [6, 6.07) is 24.3. The second kappa shape index (κ2) is 13.4. The average molecular weight is 681 g/mol. The van der Waals surface area contributed by atoms with E-state index in [2.05, 4.69) is 4.98 Å². The highest BCUT2D eigenvalue weighted by Gasteiger charge is 2.23. The van der Waals surface area contributed by atoms with E-state index in [4.69, 9.17) is 14.2 Å². The molecule has 0 fully saturated rings. The Labute approximate surface area is 284 Å². The lowest BCUT2D eigenvalue weighted by atomic mass is 9.98. The Morgan fingerprint density at radius 1 is 0.917 bits per heavy atom. The summed E-state index contributed by atoms with van der Waals surface area (Å²) in [7, 11) is 8.51. The largest absolute Gasteiger partial charge is 0.454 e. The number of likely N-dealkylation sites (N-methyl/N-ethyl adjacent to an activating group) is 1. The molecule has 2 aromatic heterocycles. The number of rotatable bonds is 9. The molecule has 0 atom stereocenters. The second-order valence-corrected chi connectivity index (χ2v) is 13.7. The number of fused-ring (bicyclic) bond motifs is 6. The Kier molecular flexibility index (Phi) is 8.88. The highest BCUT2D eigenvalue weighted by Crippen LogP contribution is 2.42. The number of hydrogen-bond donors (Lipinski definition) is 1. The van der Waals surface area contributed by atoms with Crippen molar-refractivity contribution in [1.29, 1.82) is 0 Å². The van der Waals surface area contributed by atoms with Gasteiger partial charge >= 0.3 is 6.09 Å². The van der Waals surface area contributed by atoms with Gasteiger partial charge in [-0.05, 0) is 95.0 Å². The van der Waals surface area contributed by atoms with Gasteiger partial charge in [-0.1, -0.05) is 30.3 Å². The number of aromatic nitrogens is 2. The van der Waals surface area contributed by atoms with Gasteiger partial charge in [-0.3, -0.25) is 9.69 Å². The number of carbonyl (C=O) groups excluding carboxylic acids is 1. The first kappa shape index (κ1) is 31.8. The molecule has 244 valence electrons. The Balaban J connectivity index is 1.29. The van der Waals surface area contributed by atoms with Gasteiger partial charge in [-0.25, -0.2) is 9.78 Å². The summed E-state index contributed by atoms with van der Waals surface area (Å²) in [6.45, 7) is 0.799. The van der Waals surface area contributed by atoms with Gasteiger partial charge in [0.15, 0.2) is 11.5 Å². The number of aliphatic hydroxyl groups excluding tert-OH is 1. The van der Waals surface area contributed by atoms with Crippen LogP contribution in [-0.4, -0.2) is 60.1 Å². The molecule has 3 heterocycles. The van der Waals surface area contributed by atoms with Crippen molar-refractivity contribution in [3.8, 4) is 17.2 Å². The zero-order valence-electron chi connectivity index (χ0n) is 26.5. The number of hydrogen-bond acceptors (Lipinski definition) is 10. The van der Waals surface area contributed by atoms with E-state index in [1.165, 1.54) is 26.5 Å². The molecule has 1 aliphatic heterocycles. The predicted octanol–water partition coefficient (Wildman–Crippen LogP) is 6.92. The van der Waals surface area contributed by atoms with E-state index in [9.17, 15) is 14.7 Å². The van der Waals surface area contributed by atoms with Crippen molar-refractivity contribution in [3.63, 3.8) is 0 Å². The first-order chi connectivity index (χ1) is 23.3. The summed E-state index contributed by atoms with van der Waals surface area (Å²) in [5.74, 6) is 1.41. The fourth-order valence-corrected chi connectivity index (χ4v) is 7.84. The Morgan fingerprint density at radius 3 is 2.48 bits per heavy atom. The van der Waals surface area contributed by atoms with E-state index < -0.39 is 12.7 Å². The van der Waals surface area contributed by atoms with Gasteiger partial charge in [0, 0.05) is 47.6 Å². The average Bonchev–Trinajstić information content (AvgIpc) is 3.57. The molecule has 0 bridgehead atoms. The number of anilines is 1. The number of aliphatic hydroxyl groups is 1. The van der Waals surface area contributed by atoms with E-state index >= 15 is 0 Å². The summed E-state index contributed by atoms with van der Waals surface area (Å²) in [5.41, 5.74) is 1.56. The van der Waals surface area contributed by atoms with Crippen LogP contribution in [0.3, 0.4) is 0 Å². The quantitative estimate of drug-likeness (QED) is 0.128. The minimum Gasteiger partial charge on any atom is -0.454 e. The normalized spacial score (nSPS) is 12.4. The molecule has 1 aliphatic rings. The van der Waals surface area contributed by atoms with Crippen molar-refractivity contribution in [2.24, 2.45) is 0 Å². The third-order valence-corrected chi connectivity index (χ3v) is 10.5. The number of para-hydroxylation sites is 1. The summed E-state index contributed by atoms with van der Waals surface area (Å²) < 4.78 is 19.0. The molecule has 0 saturated heterocycles. The van der Waals surface area contributed by atoms with Gasteiger partial charge < -0.3 is 28.8 Å². The second-order valence-electron chi connectivity index (χ2n) is 11.5. The highest BCUT2D eigenvalue weighted by molar-refractivity contribution is 8.76. The van der Waals surface area contributed by atoms with Crippen LogP contribution in [0.1, 0.15) is 5.56 Å². The van der Waals surface area contributed by atoms with Gasteiger partial charge in [-0.2, -0.15) is 0 Å². The van der Waals surface area contributed by atoms with E-state index in [1.807, 2.05) is 85.7 Å². The van der Waals surface area contributed by atoms with Crippen molar-refractivity contribution < 1.29 is 24.1 Å². The number of benzene rings is 4. The molecule has 48 heavy (non-hydrogen) atoms. The highest BCUT2D eigenvalue weighted by atomic mass is 33.1. The maximum atomic E-state index is 14.3. The minimum atomic E-state index is -0.657. The van der Waals surface area contributed by atoms with Crippen LogP contribution >= 0.6 is 21.6 Å². The van der Waals surface area contributed by atoms with Gasteiger partial charge in [0.05, 0.1) is 23.2 Å². The molecule has 0 spiro atoms. The third kappa shape index (κ3) is 6.03. The molecule has 0 unspecified atom stereocenters. The van der Waals surface area contributed by atoms with E-state index in [1.54, 1.807) is 29.9 Å². The third-order valence-electron chi connectivity index (χ3n) is 8.21. The molecule has 0 aliphatic carbocycles. The molecule has 1 amide bonds. The smallest absolute Gasteiger partial charge is 0.419 e. The van der Waals surface area contributed by atoms with Crippen LogP contribution in [0.2, 0.25) is 0 Å². The van der Waals surface area contributed by atoms with Gasteiger partial charge in [0.25, 0.3) is 5.56 Å². The number of amides is 1. The SMILES string of the molecule is CN(C)CCn1c(=O)c2cc(OC(=O)N(C)c3ccccc3SSc3ccccn3)c(CO)cc2c2ccc3cc4c(cc3c21)OCO4. The molecule has 0 radical (unpaired) electrons. The van der Waals surface area contributed by atoms with Crippen LogP contribution < -0.4 is 24.7 Å². The lowest BCUT2D eigenvalue weighted by Crippen LogP contribution is -2.30. The maximum absolute atomic E-state index is 14.3. The molecule has 7 rings (SSSR count). The van der Waals surface area contributed by atoms with E-state index in [0.29, 0.717) is 46.6 Å². The lowest BCUT2D eigenvalue weighted by Gasteiger charge is -2.21. The van der Waals surface area contributed by atoms with Gasteiger partial charge in [0.2, 0.25) is 6.79 Å². The first-order valence-electron chi connectivity index (χ1n) is 15.2. The Bertz CT molecular complexity index is 2240. The van der Waals surface area contributed by atoms with Gasteiger partial charge in [-0.15, -0.1) is 0 Å². The predicted molar refractivity (Wildman–Crippen MR) is 191 cm³/mol. The molecule has 10 nitrogen and oxygen atoms in total. The van der Waals surface area contributed by atoms with Crippen LogP contribution in [0, 0.1) is 0 Å². The van der Waals surface area contributed by atoms with Crippen LogP contribution in [-0.2, 0) is 13.2 Å². The standard InChI is InChI=1S/C36H32N4O6S2/c1-38(2)14-15-40-34-24(12-11-22-17-30-31(18-25(22)34)45-21-44-30)26-16-23(20-41)29(19-27(26)35(40)42)46-36(43)39(3)28-8-4-5-9-32(28)47-48-33-10-6-7-13-37-33/h4-13,16-19,41H,14-15,20-21H2,1-3H3. The van der Waals surface area contributed by atoms with E-state index in [0.717, 1.165) is 31.6 Å². The first-order valence-corrected chi connectivity index (χ1v) is 17.4. The summed E-state index contributed by atoms with van der Waals surface area (Å²) in [4.78, 5) is 36.6. The van der Waals surface area contributed by atoms with Crippen LogP contribution in [0.5, 0.6) is 17.2 Å².